The van der Waals surface area contributed by atoms with Crippen LogP contribution in [0.5, 0.6) is 0 Å². The minimum absolute atomic E-state index is 0.183. The zero-order valence-corrected chi connectivity index (χ0v) is 14.0. The number of rotatable bonds is 2. The molecule has 10 nitrogen and oxygen atoms in total. The molecule has 2 aliphatic heterocycles. The van der Waals surface area contributed by atoms with Crippen molar-refractivity contribution >= 4 is 33.0 Å². The van der Waals surface area contributed by atoms with Gasteiger partial charge in [0, 0.05) is 13.0 Å². The fourth-order valence-electron chi connectivity index (χ4n) is 3.04. The van der Waals surface area contributed by atoms with Crippen LogP contribution >= 0.6 is 15.9 Å². The molecule has 4 heterocycles. The number of anilines is 1. The van der Waals surface area contributed by atoms with Crippen LogP contribution in [-0.2, 0) is 11.3 Å². The van der Waals surface area contributed by atoms with Crippen LogP contribution in [0.3, 0.4) is 0 Å². The van der Waals surface area contributed by atoms with E-state index in [2.05, 4.69) is 31.2 Å². The number of halogens is 1. The number of alkyl halides is 1. The Labute approximate surface area is 143 Å². The summed E-state index contributed by atoms with van der Waals surface area (Å²) in [6, 6.07) is 0. The lowest BCUT2D eigenvalue weighted by Crippen LogP contribution is -2.43. The van der Waals surface area contributed by atoms with Crippen LogP contribution in [0.15, 0.2) is 11.1 Å². The van der Waals surface area contributed by atoms with Crippen LogP contribution < -0.4 is 10.9 Å². The normalized spacial score (nSPS) is 32.8. The van der Waals surface area contributed by atoms with Gasteiger partial charge in [-0.05, 0) is 0 Å². The Morgan fingerprint density at radius 2 is 2.25 bits per heavy atom. The van der Waals surface area contributed by atoms with Gasteiger partial charge in [-0.3, -0.25) is 13.9 Å². The molecule has 4 N–H and O–H groups in total. The van der Waals surface area contributed by atoms with Gasteiger partial charge in [-0.25, -0.2) is 4.98 Å². The van der Waals surface area contributed by atoms with E-state index in [9.17, 15) is 20.1 Å². The maximum absolute atomic E-state index is 12.6. The van der Waals surface area contributed by atoms with Gasteiger partial charge in [-0.15, -0.1) is 0 Å². The summed E-state index contributed by atoms with van der Waals surface area (Å²) in [7, 11) is 0. The summed E-state index contributed by atoms with van der Waals surface area (Å²) in [6.07, 6.45) is -1.23. The smallest absolute Gasteiger partial charge is 0.283 e. The fourth-order valence-corrected chi connectivity index (χ4v) is 3.46. The highest BCUT2D eigenvalue weighted by molar-refractivity contribution is 9.09. The van der Waals surface area contributed by atoms with E-state index in [1.165, 1.54) is 10.9 Å². The third kappa shape index (κ3) is 2.35. The van der Waals surface area contributed by atoms with Crippen molar-refractivity contribution in [2.75, 3.05) is 11.9 Å². The summed E-state index contributed by atoms with van der Waals surface area (Å²) >= 11 is 3.30. The zero-order chi connectivity index (χ0) is 17.0. The van der Waals surface area contributed by atoms with E-state index in [0.29, 0.717) is 5.65 Å². The average Bonchev–Trinajstić information content (AvgIpc) is 3.13. The molecule has 0 aromatic carbocycles. The van der Waals surface area contributed by atoms with E-state index in [4.69, 9.17) is 4.74 Å². The lowest BCUT2D eigenvalue weighted by Gasteiger charge is -2.27. The molecule has 0 saturated carbocycles. The van der Waals surface area contributed by atoms with E-state index in [0.717, 1.165) is 0 Å². The lowest BCUT2D eigenvalue weighted by atomic mass is 10.2. The van der Waals surface area contributed by atoms with Crippen LogP contribution in [0.1, 0.15) is 12.6 Å². The third-order valence-electron chi connectivity index (χ3n) is 4.35. The van der Waals surface area contributed by atoms with Crippen molar-refractivity contribution in [3.05, 3.63) is 16.7 Å². The molecule has 0 spiro atoms. The Kier molecular flexibility index (Phi) is 3.84. The first-order valence-corrected chi connectivity index (χ1v) is 8.41. The van der Waals surface area contributed by atoms with Gasteiger partial charge in [0.25, 0.3) is 5.56 Å². The van der Waals surface area contributed by atoms with Gasteiger partial charge in [0.1, 0.15) is 18.6 Å². The Hall–Kier alpha value is -1.53. The first-order chi connectivity index (χ1) is 11.5. The molecule has 0 radical (unpaired) electrons. The van der Waals surface area contributed by atoms with E-state index in [-0.39, 0.29) is 41.4 Å². The van der Waals surface area contributed by atoms with Crippen LogP contribution in [0.4, 0.5) is 5.95 Å². The maximum atomic E-state index is 12.6. The van der Waals surface area contributed by atoms with Gasteiger partial charge in [0.15, 0.2) is 11.2 Å². The number of hydrogen-bond donors (Lipinski definition) is 4. The number of nitrogens with one attached hydrogen (secondary N) is 1. The van der Waals surface area contributed by atoms with Gasteiger partial charge in [0.2, 0.25) is 5.95 Å². The van der Waals surface area contributed by atoms with Gasteiger partial charge < -0.3 is 25.4 Å². The maximum Gasteiger partial charge on any atom is 0.283 e. The summed E-state index contributed by atoms with van der Waals surface area (Å²) in [5.41, 5.74) is 0.159. The standard InChI is InChI=1S/C13H16BrN5O5/c14-5-2-18-12(23)9-10(16-13(18)17-11(5)22)19(4-15-9)8-1-6(21)7(3-20)24-8/h4-8,11,20-22H,1-3H2,(H,16,17)/t5-,6-,7+,8+,11-/m0/s1. The number of hydrogen-bond acceptors (Lipinski definition) is 8. The molecule has 2 aromatic heterocycles. The van der Waals surface area contributed by atoms with E-state index in [1.54, 1.807) is 4.57 Å². The SMILES string of the molecule is O=c1c2ncn([C@H]3C[C@H](O)[C@@H](CO)O3)c2nc2n1C[C@H](Br)[C@H](O)N2. The third-order valence-corrected chi connectivity index (χ3v) is 5.14. The predicted molar refractivity (Wildman–Crippen MR) is 85.8 cm³/mol. The molecule has 0 unspecified atom stereocenters. The van der Waals surface area contributed by atoms with Gasteiger partial charge >= 0.3 is 0 Å². The van der Waals surface area contributed by atoms with Crippen molar-refractivity contribution in [2.24, 2.45) is 0 Å². The van der Waals surface area contributed by atoms with E-state index in [1.807, 2.05) is 0 Å². The molecule has 130 valence electrons. The van der Waals surface area contributed by atoms with Gasteiger partial charge in [-0.2, -0.15) is 4.98 Å². The second-order valence-corrected chi connectivity index (χ2v) is 7.07. The summed E-state index contributed by atoms with van der Waals surface area (Å²) in [6.45, 7) is -0.0282. The second kappa shape index (κ2) is 5.77. The molecular weight excluding hydrogens is 386 g/mol. The molecule has 4 rings (SSSR count). The highest BCUT2D eigenvalue weighted by Crippen LogP contribution is 2.30. The molecular formula is C13H16BrN5O5. The second-order valence-electron chi connectivity index (χ2n) is 5.90. The Bertz CT molecular complexity index is 838. The zero-order valence-electron chi connectivity index (χ0n) is 12.4. The topological polar surface area (TPSA) is 135 Å². The van der Waals surface area contributed by atoms with Crippen molar-refractivity contribution in [3.8, 4) is 0 Å². The Balaban J connectivity index is 1.79. The minimum atomic E-state index is -0.867. The van der Waals surface area contributed by atoms with E-state index < -0.39 is 24.7 Å². The molecule has 1 fully saturated rings. The number of aliphatic hydroxyl groups is 3. The van der Waals surface area contributed by atoms with Crippen molar-refractivity contribution in [3.63, 3.8) is 0 Å². The largest absolute Gasteiger partial charge is 0.394 e. The molecule has 2 aromatic rings. The van der Waals surface area contributed by atoms with Crippen molar-refractivity contribution in [1.82, 2.24) is 19.1 Å². The van der Waals surface area contributed by atoms with Gasteiger partial charge in [0.05, 0.1) is 23.9 Å². The van der Waals surface area contributed by atoms with Crippen molar-refractivity contribution in [2.45, 2.75) is 42.5 Å². The van der Waals surface area contributed by atoms with Crippen molar-refractivity contribution in [1.29, 1.82) is 0 Å². The molecule has 2 aliphatic rings. The molecule has 24 heavy (non-hydrogen) atoms. The van der Waals surface area contributed by atoms with Crippen LogP contribution in [-0.4, -0.2) is 64.3 Å². The molecule has 1 saturated heterocycles. The van der Waals surface area contributed by atoms with Crippen LogP contribution in [0.25, 0.3) is 11.2 Å². The quantitative estimate of drug-likeness (QED) is 0.458. The minimum Gasteiger partial charge on any atom is -0.394 e. The molecule has 0 aliphatic carbocycles. The number of aliphatic hydroxyl groups excluding tert-OH is 3. The van der Waals surface area contributed by atoms with Crippen molar-refractivity contribution < 1.29 is 20.1 Å². The monoisotopic (exact) mass is 401 g/mol. The number of ether oxygens (including phenoxy) is 1. The summed E-state index contributed by atoms with van der Waals surface area (Å²) in [5, 5.41) is 31.8. The summed E-state index contributed by atoms with van der Waals surface area (Å²) in [5.74, 6) is 0.245. The van der Waals surface area contributed by atoms with Crippen LogP contribution in [0, 0.1) is 0 Å². The van der Waals surface area contributed by atoms with E-state index >= 15 is 0 Å². The molecule has 0 bridgehead atoms. The van der Waals surface area contributed by atoms with Crippen LogP contribution in [0.2, 0.25) is 0 Å². The highest BCUT2D eigenvalue weighted by Gasteiger charge is 2.36. The molecule has 0 amide bonds. The predicted octanol–water partition coefficient (Wildman–Crippen LogP) is -1.26. The Morgan fingerprint density at radius 3 is 2.96 bits per heavy atom. The highest BCUT2D eigenvalue weighted by atomic mass is 79.9. The summed E-state index contributed by atoms with van der Waals surface area (Å²) in [4.78, 5) is 20.8. The lowest BCUT2D eigenvalue weighted by molar-refractivity contribution is -0.0432. The number of imidazole rings is 1. The molecule has 5 atom stereocenters. The Morgan fingerprint density at radius 1 is 1.46 bits per heavy atom. The first kappa shape index (κ1) is 16.0. The van der Waals surface area contributed by atoms with Gasteiger partial charge in [-0.1, -0.05) is 15.9 Å². The fraction of sp³-hybridized carbons (Fsp3) is 0.615. The average molecular weight is 402 g/mol. The number of aromatic nitrogens is 4. The first-order valence-electron chi connectivity index (χ1n) is 7.50. The number of fused-ring (bicyclic) bond motifs is 2. The number of nitrogens with zero attached hydrogens (tertiary/aromatic N) is 4. The molecule has 11 heteroatoms. The summed E-state index contributed by atoms with van der Waals surface area (Å²) < 4.78 is 8.56.